The van der Waals surface area contributed by atoms with Crippen molar-refractivity contribution >= 4 is 14.3 Å². The Balaban J connectivity index is 2.95. The number of hydrogen-bond acceptors (Lipinski definition) is 3. The first-order chi connectivity index (χ1) is 15.5. The number of hydrogen-bond donors (Lipinski definition) is 0. The minimum Gasteiger partial charge on any atom is -0.462 e. The van der Waals surface area contributed by atoms with Crippen molar-refractivity contribution < 1.29 is 14.0 Å². The van der Waals surface area contributed by atoms with Gasteiger partial charge in [0.2, 0.25) is 0 Å². The van der Waals surface area contributed by atoms with Crippen molar-refractivity contribution in [2.45, 2.75) is 123 Å². The molecule has 0 bridgehead atoms. The Morgan fingerprint density at radius 1 is 1.15 bits per heavy atom. The minimum absolute atomic E-state index is 0.0243. The molecule has 3 nitrogen and oxygen atoms in total. The maximum atomic E-state index is 12.4. The second kappa shape index (κ2) is 14.3. The molecule has 0 amide bonds. The summed E-state index contributed by atoms with van der Waals surface area (Å²) in [5.41, 5.74) is 0. The maximum absolute atomic E-state index is 12.4. The van der Waals surface area contributed by atoms with Crippen molar-refractivity contribution in [3.8, 4) is 0 Å². The van der Waals surface area contributed by atoms with Crippen LogP contribution in [-0.2, 0) is 14.0 Å². The van der Waals surface area contributed by atoms with E-state index < -0.39 is 8.32 Å². The van der Waals surface area contributed by atoms with E-state index in [1.165, 1.54) is 19.3 Å². The minimum atomic E-state index is -1.85. The van der Waals surface area contributed by atoms with Crippen molar-refractivity contribution in [1.82, 2.24) is 0 Å². The lowest BCUT2D eigenvalue weighted by atomic mass is 9.87. The highest BCUT2D eigenvalue weighted by atomic mass is 28.4. The zero-order valence-corrected chi connectivity index (χ0v) is 23.7. The number of allylic oxidation sites excluding steroid dienone is 3. The van der Waals surface area contributed by atoms with Crippen molar-refractivity contribution in [2.24, 2.45) is 17.8 Å². The first-order valence-corrected chi connectivity index (χ1v) is 16.1. The molecule has 0 unspecified atom stereocenters. The third-order valence-electron chi connectivity index (χ3n) is 7.64. The van der Waals surface area contributed by atoms with E-state index in [0.717, 1.165) is 32.1 Å². The Hall–Kier alpha value is -1.13. The molecule has 1 aliphatic carbocycles. The first kappa shape index (κ1) is 29.9. The fraction of sp³-hybridized carbons (Fsp3) is 0.759. The molecule has 0 spiro atoms. The summed E-state index contributed by atoms with van der Waals surface area (Å²) in [7, 11) is -1.85. The van der Waals surface area contributed by atoms with Crippen LogP contribution in [0.3, 0.4) is 0 Å². The van der Waals surface area contributed by atoms with E-state index in [9.17, 15) is 4.79 Å². The third kappa shape index (κ3) is 9.94. The molecular weight excluding hydrogens is 424 g/mol. The van der Waals surface area contributed by atoms with Crippen LogP contribution in [0.4, 0.5) is 0 Å². The van der Waals surface area contributed by atoms with Crippen LogP contribution in [0.15, 0.2) is 37.5 Å². The summed E-state index contributed by atoms with van der Waals surface area (Å²) in [5.74, 6) is 1.07. The summed E-state index contributed by atoms with van der Waals surface area (Å²) in [6, 6.07) is 0. The van der Waals surface area contributed by atoms with Crippen LogP contribution in [0.1, 0.15) is 92.4 Å². The molecule has 1 saturated carbocycles. The molecular formula is C29H52O3Si. The highest BCUT2D eigenvalue weighted by Gasteiger charge is 2.42. The zero-order chi connectivity index (χ0) is 25.1. The molecule has 0 aromatic rings. The van der Waals surface area contributed by atoms with Crippen LogP contribution in [0, 0.1) is 17.8 Å². The van der Waals surface area contributed by atoms with Gasteiger partial charge in [0.1, 0.15) is 6.10 Å². The van der Waals surface area contributed by atoms with Gasteiger partial charge in [-0.3, -0.25) is 4.79 Å². The molecule has 0 saturated heterocycles. The second-order valence-electron chi connectivity index (χ2n) is 11.5. The monoisotopic (exact) mass is 476 g/mol. The molecule has 5 atom stereocenters. The van der Waals surface area contributed by atoms with Crippen molar-refractivity contribution in [3.05, 3.63) is 37.5 Å². The van der Waals surface area contributed by atoms with Gasteiger partial charge in [-0.2, -0.15) is 0 Å². The number of ether oxygens (including phenoxy) is 1. The van der Waals surface area contributed by atoms with Gasteiger partial charge in [-0.25, -0.2) is 0 Å². The van der Waals surface area contributed by atoms with Gasteiger partial charge in [0.25, 0.3) is 0 Å². The fourth-order valence-corrected chi connectivity index (χ4v) is 5.86. The van der Waals surface area contributed by atoms with Crippen LogP contribution >= 0.6 is 0 Å². The number of carbonyl (C=O) groups is 1. The lowest BCUT2D eigenvalue weighted by Crippen LogP contribution is -2.43. The summed E-state index contributed by atoms with van der Waals surface area (Å²) in [4.78, 5) is 12.4. The molecule has 0 aromatic carbocycles. The first-order valence-electron chi connectivity index (χ1n) is 13.2. The van der Waals surface area contributed by atoms with Crippen LogP contribution in [0.25, 0.3) is 0 Å². The molecule has 0 aromatic heterocycles. The van der Waals surface area contributed by atoms with E-state index >= 15 is 0 Å². The largest absolute Gasteiger partial charge is 0.462 e. The molecule has 190 valence electrons. The third-order valence-corrected chi connectivity index (χ3v) is 12.1. The summed E-state index contributed by atoms with van der Waals surface area (Å²) >= 11 is 0. The highest BCUT2D eigenvalue weighted by molar-refractivity contribution is 6.74. The van der Waals surface area contributed by atoms with Crippen LogP contribution in [0.2, 0.25) is 18.1 Å². The summed E-state index contributed by atoms with van der Waals surface area (Å²) in [6.45, 7) is 23.9. The van der Waals surface area contributed by atoms with Gasteiger partial charge in [0.05, 0.1) is 6.10 Å². The Morgan fingerprint density at radius 2 is 1.85 bits per heavy atom. The van der Waals surface area contributed by atoms with E-state index in [-0.39, 0.29) is 23.2 Å². The molecule has 4 heteroatoms. The molecule has 0 heterocycles. The van der Waals surface area contributed by atoms with Gasteiger partial charge in [-0.1, -0.05) is 78.2 Å². The van der Waals surface area contributed by atoms with Gasteiger partial charge in [-0.05, 0) is 62.1 Å². The van der Waals surface area contributed by atoms with Crippen LogP contribution in [-0.4, -0.2) is 26.5 Å². The summed E-state index contributed by atoms with van der Waals surface area (Å²) < 4.78 is 12.8. The van der Waals surface area contributed by atoms with E-state index in [4.69, 9.17) is 9.16 Å². The quantitative estimate of drug-likeness (QED) is 0.103. The van der Waals surface area contributed by atoms with Gasteiger partial charge < -0.3 is 9.16 Å². The fourth-order valence-electron chi connectivity index (χ4n) is 4.55. The lowest BCUT2D eigenvalue weighted by Gasteiger charge is -2.39. The van der Waals surface area contributed by atoms with Crippen molar-refractivity contribution in [2.75, 3.05) is 0 Å². The summed E-state index contributed by atoms with van der Waals surface area (Å²) in [6.07, 6.45) is 17.3. The van der Waals surface area contributed by atoms with E-state index in [1.807, 2.05) is 12.2 Å². The molecule has 1 rings (SSSR count). The average Bonchev–Trinajstić information content (AvgIpc) is 2.99. The molecule has 33 heavy (non-hydrogen) atoms. The Labute approximate surface area is 206 Å². The molecule has 0 radical (unpaired) electrons. The predicted molar refractivity (Wildman–Crippen MR) is 145 cm³/mol. The van der Waals surface area contributed by atoms with Gasteiger partial charge in [0, 0.05) is 12.3 Å². The molecule has 1 aliphatic rings. The van der Waals surface area contributed by atoms with Crippen molar-refractivity contribution in [1.29, 1.82) is 0 Å². The zero-order valence-electron chi connectivity index (χ0n) is 22.7. The SMILES string of the molecule is C=CCCCC(=O)O[C@H]1C[C@@H](C)[C@H](/C=C/[C@H](CCCCC)O[Si](C)(C)C(C)(C)C)[C@H]1CC=C. The Morgan fingerprint density at radius 3 is 2.42 bits per heavy atom. The standard InChI is InChI=1S/C29H52O3Si/c1-10-13-15-18-24(32-33(8,9)29(5,6)7)20-21-25-23(4)22-27(26(25)17-12-3)31-28(30)19-16-14-11-2/h11-12,20-21,23-27H,2-3,10,13-19,22H2,1,4-9H3/b21-20+/t23-,24+,25+,26-,27+/m1/s1. The predicted octanol–water partition coefficient (Wildman–Crippen LogP) is 8.63. The van der Waals surface area contributed by atoms with Crippen molar-refractivity contribution in [3.63, 3.8) is 0 Å². The molecule has 0 aliphatic heterocycles. The number of carbonyl (C=O) groups excluding carboxylic acids is 1. The van der Waals surface area contributed by atoms with E-state index in [0.29, 0.717) is 24.2 Å². The average molecular weight is 477 g/mol. The maximum Gasteiger partial charge on any atom is 0.306 e. The molecule has 1 fully saturated rings. The van der Waals surface area contributed by atoms with E-state index in [2.05, 4.69) is 73.0 Å². The molecule has 0 N–H and O–H groups in total. The van der Waals surface area contributed by atoms with Gasteiger partial charge >= 0.3 is 5.97 Å². The number of rotatable bonds is 15. The van der Waals surface area contributed by atoms with Gasteiger partial charge in [-0.15, -0.1) is 13.2 Å². The van der Waals surface area contributed by atoms with Gasteiger partial charge in [0.15, 0.2) is 8.32 Å². The topological polar surface area (TPSA) is 35.5 Å². The number of esters is 1. The Kier molecular flexibility index (Phi) is 13.0. The van der Waals surface area contributed by atoms with Crippen LogP contribution in [0.5, 0.6) is 0 Å². The normalized spacial score (nSPS) is 24.7. The number of unbranched alkanes of at least 4 members (excludes halogenated alkanes) is 3. The lowest BCUT2D eigenvalue weighted by molar-refractivity contribution is -0.151. The van der Waals surface area contributed by atoms with E-state index in [1.54, 1.807) is 0 Å². The summed E-state index contributed by atoms with van der Waals surface area (Å²) in [5, 5.41) is 0.195. The highest BCUT2D eigenvalue weighted by Crippen LogP contribution is 2.43. The van der Waals surface area contributed by atoms with Crippen LogP contribution < -0.4 is 0 Å². The Bertz CT molecular complexity index is 631. The smallest absolute Gasteiger partial charge is 0.306 e. The second-order valence-corrected chi connectivity index (χ2v) is 16.2.